The van der Waals surface area contributed by atoms with Crippen molar-refractivity contribution in [3.63, 3.8) is 0 Å². The Bertz CT molecular complexity index is 792. The second-order valence-corrected chi connectivity index (χ2v) is 9.77. The van der Waals surface area contributed by atoms with Gasteiger partial charge in [0.25, 0.3) is 0 Å². The van der Waals surface area contributed by atoms with Crippen molar-refractivity contribution >= 4 is 29.5 Å². The van der Waals surface area contributed by atoms with Gasteiger partial charge >= 0.3 is 5.97 Å². The number of rotatable bonds is 8. The van der Waals surface area contributed by atoms with Gasteiger partial charge in [-0.15, -0.1) is 11.8 Å². The third-order valence-electron chi connectivity index (χ3n) is 6.29. The van der Waals surface area contributed by atoms with Crippen LogP contribution in [0.2, 0.25) is 0 Å². The summed E-state index contributed by atoms with van der Waals surface area (Å²) < 4.78 is 4.64. The number of aliphatic carboxylic acids is 1. The van der Waals surface area contributed by atoms with Crippen molar-refractivity contribution in [3.05, 3.63) is 29.8 Å². The van der Waals surface area contributed by atoms with Gasteiger partial charge in [0.1, 0.15) is 17.8 Å². The molecule has 0 radical (unpaired) electrons. The summed E-state index contributed by atoms with van der Waals surface area (Å²) in [6.07, 6.45) is 5.77. The molecule has 1 heterocycles. The lowest BCUT2D eigenvalue weighted by atomic mass is 9.87. The number of likely N-dealkylation sites (tertiary alicyclic amines) is 1. The van der Waals surface area contributed by atoms with E-state index in [1.165, 1.54) is 4.90 Å². The van der Waals surface area contributed by atoms with Crippen LogP contribution in [0.15, 0.2) is 24.3 Å². The first-order valence-electron chi connectivity index (χ1n) is 11.0. The SMILES string of the molecule is COc1ccc(CSC2(C(=O)N[C@@H](C)C(=O)N3CCC[C@H]3C(=O)O)CCCCC2)cc1. The number of ether oxygens (including phenoxy) is 1. The van der Waals surface area contributed by atoms with Gasteiger partial charge in [-0.1, -0.05) is 31.4 Å². The summed E-state index contributed by atoms with van der Waals surface area (Å²) in [5.74, 6) is 0.0883. The molecule has 7 nitrogen and oxygen atoms in total. The van der Waals surface area contributed by atoms with Crippen LogP contribution in [-0.2, 0) is 20.1 Å². The largest absolute Gasteiger partial charge is 0.497 e. The van der Waals surface area contributed by atoms with Crippen molar-refractivity contribution in [2.75, 3.05) is 13.7 Å². The van der Waals surface area contributed by atoms with Gasteiger partial charge in [-0.05, 0) is 50.3 Å². The summed E-state index contributed by atoms with van der Waals surface area (Å²) in [5.41, 5.74) is 1.12. The number of nitrogens with zero attached hydrogens (tertiary/aromatic N) is 1. The molecule has 1 saturated heterocycles. The van der Waals surface area contributed by atoms with E-state index in [-0.39, 0.29) is 11.8 Å². The van der Waals surface area contributed by atoms with Crippen LogP contribution in [0.4, 0.5) is 0 Å². The molecule has 2 amide bonds. The Balaban J connectivity index is 1.65. The molecular weight excluding hydrogens is 416 g/mol. The van der Waals surface area contributed by atoms with Crippen LogP contribution in [0.1, 0.15) is 57.4 Å². The highest BCUT2D eigenvalue weighted by atomic mass is 32.2. The number of carbonyl (C=O) groups is 3. The molecule has 2 fully saturated rings. The molecule has 31 heavy (non-hydrogen) atoms. The van der Waals surface area contributed by atoms with Crippen LogP contribution in [-0.4, -0.2) is 58.3 Å². The summed E-state index contributed by atoms with van der Waals surface area (Å²) in [6, 6.07) is 6.31. The summed E-state index contributed by atoms with van der Waals surface area (Å²) in [7, 11) is 1.63. The molecule has 2 N–H and O–H groups in total. The van der Waals surface area contributed by atoms with Crippen LogP contribution < -0.4 is 10.1 Å². The van der Waals surface area contributed by atoms with E-state index in [1.54, 1.807) is 25.8 Å². The zero-order valence-electron chi connectivity index (χ0n) is 18.3. The molecule has 0 unspecified atom stereocenters. The van der Waals surface area contributed by atoms with Crippen LogP contribution in [0.3, 0.4) is 0 Å². The Morgan fingerprint density at radius 1 is 1.19 bits per heavy atom. The quantitative estimate of drug-likeness (QED) is 0.634. The average Bonchev–Trinajstić information content (AvgIpc) is 3.28. The predicted molar refractivity (Wildman–Crippen MR) is 120 cm³/mol. The minimum atomic E-state index is -0.983. The zero-order chi connectivity index (χ0) is 22.4. The second kappa shape index (κ2) is 10.4. The Morgan fingerprint density at radius 2 is 1.87 bits per heavy atom. The number of nitrogens with one attached hydrogen (secondary N) is 1. The number of thioether (sulfide) groups is 1. The van der Waals surface area contributed by atoms with Crippen molar-refractivity contribution in [2.24, 2.45) is 0 Å². The molecule has 1 aromatic carbocycles. The molecule has 1 aliphatic heterocycles. The highest BCUT2D eigenvalue weighted by Crippen LogP contribution is 2.42. The number of carboxylic acid groups (broad SMARTS) is 1. The topological polar surface area (TPSA) is 95.9 Å². The van der Waals surface area contributed by atoms with Crippen molar-refractivity contribution < 1.29 is 24.2 Å². The lowest BCUT2D eigenvalue weighted by Crippen LogP contribution is -2.55. The summed E-state index contributed by atoms with van der Waals surface area (Å²) in [4.78, 5) is 39.0. The molecule has 2 aliphatic rings. The number of hydrogen-bond donors (Lipinski definition) is 2. The Hall–Kier alpha value is -2.22. The predicted octanol–water partition coefficient (Wildman–Crippen LogP) is 3.21. The van der Waals surface area contributed by atoms with E-state index in [4.69, 9.17) is 4.74 Å². The summed E-state index contributed by atoms with van der Waals surface area (Å²) in [5, 5.41) is 12.3. The van der Waals surface area contributed by atoms with Crippen molar-refractivity contribution in [1.29, 1.82) is 0 Å². The number of benzene rings is 1. The molecule has 3 rings (SSSR count). The highest BCUT2D eigenvalue weighted by molar-refractivity contribution is 8.00. The maximum atomic E-state index is 13.3. The van der Waals surface area contributed by atoms with Gasteiger partial charge in [0.05, 0.1) is 11.9 Å². The molecule has 1 aromatic rings. The number of amides is 2. The molecule has 1 saturated carbocycles. The average molecular weight is 449 g/mol. The first-order chi connectivity index (χ1) is 14.9. The number of hydrogen-bond acceptors (Lipinski definition) is 5. The Labute approximate surface area is 187 Å². The third kappa shape index (κ3) is 5.53. The minimum absolute atomic E-state index is 0.113. The van der Waals surface area contributed by atoms with E-state index in [9.17, 15) is 19.5 Å². The van der Waals surface area contributed by atoms with Gasteiger partial charge < -0.3 is 20.1 Å². The normalized spacial score (nSPS) is 21.4. The molecule has 0 aromatic heterocycles. The number of carboxylic acids is 1. The molecule has 0 bridgehead atoms. The maximum Gasteiger partial charge on any atom is 0.326 e. The minimum Gasteiger partial charge on any atom is -0.497 e. The standard InChI is InChI=1S/C23H32N2O5S/c1-16(20(26)25-14-6-7-19(25)21(27)28)24-22(29)23(12-4-3-5-13-23)31-15-17-8-10-18(30-2)11-9-17/h8-11,16,19H,3-7,12-15H2,1-2H3,(H,24,29)(H,27,28)/t16-,19-/m0/s1. The zero-order valence-corrected chi connectivity index (χ0v) is 19.1. The van der Waals surface area contributed by atoms with Gasteiger partial charge in [-0.3, -0.25) is 9.59 Å². The first kappa shape index (κ1) is 23.4. The Morgan fingerprint density at radius 3 is 2.48 bits per heavy atom. The smallest absolute Gasteiger partial charge is 0.326 e. The van der Waals surface area contributed by atoms with Crippen LogP contribution in [0, 0.1) is 0 Å². The van der Waals surface area contributed by atoms with Gasteiger partial charge in [0.15, 0.2) is 0 Å². The van der Waals surface area contributed by atoms with Gasteiger partial charge in [-0.2, -0.15) is 0 Å². The van der Waals surface area contributed by atoms with Gasteiger partial charge in [0, 0.05) is 12.3 Å². The Kier molecular flexibility index (Phi) is 7.86. The van der Waals surface area contributed by atoms with Crippen molar-refractivity contribution in [3.8, 4) is 5.75 Å². The van der Waals surface area contributed by atoms with Gasteiger partial charge in [-0.25, -0.2) is 4.79 Å². The number of carbonyl (C=O) groups excluding carboxylic acids is 2. The van der Waals surface area contributed by atoms with E-state index >= 15 is 0 Å². The molecular formula is C23H32N2O5S. The molecule has 8 heteroatoms. The van der Waals surface area contributed by atoms with Crippen molar-refractivity contribution in [2.45, 2.75) is 74.5 Å². The van der Waals surface area contributed by atoms with E-state index in [0.29, 0.717) is 25.1 Å². The van der Waals surface area contributed by atoms with E-state index in [1.807, 2.05) is 24.3 Å². The van der Waals surface area contributed by atoms with Crippen molar-refractivity contribution in [1.82, 2.24) is 10.2 Å². The van der Waals surface area contributed by atoms with Crippen LogP contribution in [0.5, 0.6) is 5.75 Å². The van der Waals surface area contributed by atoms with Gasteiger partial charge in [0.2, 0.25) is 11.8 Å². The second-order valence-electron chi connectivity index (χ2n) is 8.41. The molecule has 0 spiro atoms. The molecule has 1 aliphatic carbocycles. The molecule has 170 valence electrons. The monoisotopic (exact) mass is 448 g/mol. The fraction of sp³-hybridized carbons (Fsp3) is 0.609. The fourth-order valence-corrected chi connectivity index (χ4v) is 5.83. The molecule has 2 atom stereocenters. The highest BCUT2D eigenvalue weighted by Gasteiger charge is 2.42. The maximum absolute atomic E-state index is 13.3. The third-order valence-corrected chi connectivity index (χ3v) is 7.91. The van der Waals surface area contributed by atoms with Crippen LogP contribution >= 0.6 is 11.8 Å². The lowest BCUT2D eigenvalue weighted by Gasteiger charge is -2.36. The fourth-order valence-electron chi connectivity index (χ4n) is 4.43. The summed E-state index contributed by atoms with van der Waals surface area (Å²) >= 11 is 1.64. The summed E-state index contributed by atoms with van der Waals surface area (Å²) in [6.45, 7) is 2.08. The van der Waals surface area contributed by atoms with E-state index in [0.717, 1.165) is 43.4 Å². The van der Waals surface area contributed by atoms with E-state index < -0.39 is 22.8 Å². The first-order valence-corrected chi connectivity index (χ1v) is 12.0. The van der Waals surface area contributed by atoms with E-state index in [2.05, 4.69) is 5.32 Å². The lowest BCUT2D eigenvalue weighted by molar-refractivity contribution is -0.149. The van der Waals surface area contributed by atoms with Crippen LogP contribution in [0.25, 0.3) is 0 Å². The number of methoxy groups -OCH3 is 1.